The fourth-order valence-corrected chi connectivity index (χ4v) is 0.956. The Morgan fingerprint density at radius 1 is 0.630 bits per heavy atom. The minimum Gasteiger partial charge on any atom is -0.539 e. The molecule has 11 nitrogen and oxygen atoms in total. The zero-order valence-electron chi connectivity index (χ0n) is 14.0. The van der Waals surface area contributed by atoms with E-state index in [0.29, 0.717) is 0 Å². The summed E-state index contributed by atoms with van der Waals surface area (Å²) in [7, 11) is 0. The normalized spacial score (nSPS) is 7.78. The van der Waals surface area contributed by atoms with Gasteiger partial charge in [-0.25, -0.2) is 9.59 Å². The third-order valence-electron chi connectivity index (χ3n) is 2.03. The van der Waals surface area contributed by atoms with Gasteiger partial charge in [0.2, 0.25) is 0 Å². The largest absolute Gasteiger partial charge is 0.539 e. The Balaban J connectivity index is -0.000000282. The lowest BCUT2D eigenvalue weighted by atomic mass is 10.3. The van der Waals surface area contributed by atoms with E-state index in [9.17, 15) is 0 Å². The van der Waals surface area contributed by atoms with Gasteiger partial charge in [-0.1, -0.05) is 36.4 Å². The smallest absolute Gasteiger partial charge is 0.351 e. The summed E-state index contributed by atoms with van der Waals surface area (Å²) in [6.45, 7) is 0. The number of aliphatic carboxylic acids is 4. The van der Waals surface area contributed by atoms with Crippen molar-refractivity contribution in [3.05, 3.63) is 60.7 Å². The first-order valence-electron chi connectivity index (χ1n) is 6.70. The van der Waals surface area contributed by atoms with Gasteiger partial charge in [-0.3, -0.25) is 0 Å². The van der Waals surface area contributed by atoms with E-state index < -0.39 is 23.9 Å². The monoisotopic (exact) mass is 384 g/mol. The van der Waals surface area contributed by atoms with Crippen LogP contribution in [0.5, 0.6) is 0 Å². The predicted molar refractivity (Wildman–Crippen MR) is 86.9 cm³/mol. The number of rotatable bonds is 0. The summed E-state index contributed by atoms with van der Waals surface area (Å²) in [5.41, 5.74) is 9.58. The van der Waals surface area contributed by atoms with Crippen molar-refractivity contribution in [2.45, 2.75) is 0 Å². The van der Waals surface area contributed by atoms with Gasteiger partial charge in [0.25, 0.3) is 0 Å². The molecular formula is C16H20N2O9. The van der Waals surface area contributed by atoms with Crippen LogP contribution in [0, 0.1) is 0 Å². The summed E-state index contributed by atoms with van der Waals surface area (Å²) in [6.07, 6.45) is 0. The van der Waals surface area contributed by atoms with Crippen LogP contribution in [0.1, 0.15) is 0 Å². The van der Waals surface area contributed by atoms with Crippen LogP contribution in [0.15, 0.2) is 60.7 Å². The molecule has 0 atom stereocenters. The molecular weight excluding hydrogens is 364 g/mol. The van der Waals surface area contributed by atoms with Crippen LogP contribution in [0.2, 0.25) is 0 Å². The Kier molecular flexibility index (Phi) is 17.7. The molecule has 2 rings (SSSR count). The average molecular weight is 384 g/mol. The fraction of sp³-hybridized carbons (Fsp3) is 0. The lowest BCUT2D eigenvalue weighted by Gasteiger charge is -1.85. The van der Waals surface area contributed by atoms with E-state index >= 15 is 0 Å². The Hall–Kier alpha value is -3.80. The number of carboxylic acid groups (broad SMARTS) is 4. The molecule has 0 heterocycles. The van der Waals surface area contributed by atoms with Gasteiger partial charge in [0, 0.05) is 0 Å². The number of quaternary nitrogens is 2. The van der Waals surface area contributed by atoms with Crippen LogP contribution >= 0.6 is 0 Å². The van der Waals surface area contributed by atoms with Gasteiger partial charge < -0.3 is 47.0 Å². The van der Waals surface area contributed by atoms with Gasteiger partial charge in [0.1, 0.15) is 11.4 Å². The van der Waals surface area contributed by atoms with Crippen molar-refractivity contribution < 1.29 is 56.5 Å². The maximum absolute atomic E-state index is 9.04. The van der Waals surface area contributed by atoms with Gasteiger partial charge >= 0.3 is 11.9 Å². The van der Waals surface area contributed by atoms with Crippen molar-refractivity contribution in [1.29, 1.82) is 0 Å². The van der Waals surface area contributed by atoms with E-state index in [0.717, 1.165) is 11.4 Å². The molecule has 0 amide bonds. The Bertz CT molecular complexity index is 606. The quantitative estimate of drug-likeness (QED) is 0.325. The first kappa shape index (κ1) is 28.0. The van der Waals surface area contributed by atoms with Crippen LogP contribution in [-0.4, -0.2) is 39.6 Å². The van der Waals surface area contributed by atoms with Gasteiger partial charge in [-0.15, -0.1) is 0 Å². The van der Waals surface area contributed by atoms with Crippen molar-refractivity contribution in [2.24, 2.45) is 0 Å². The number of carbonyl (C=O) groups is 4. The highest BCUT2D eigenvalue weighted by Gasteiger charge is 1.90. The topological polar surface area (TPSA) is 242 Å². The summed E-state index contributed by atoms with van der Waals surface area (Å²) in [6, 6.07) is 19.7. The fourth-order valence-electron chi connectivity index (χ4n) is 0.956. The molecule has 0 radical (unpaired) electrons. The van der Waals surface area contributed by atoms with Crippen LogP contribution in [0.3, 0.4) is 0 Å². The van der Waals surface area contributed by atoms with Crippen LogP contribution < -0.4 is 21.7 Å². The summed E-state index contributed by atoms with van der Waals surface area (Å²) < 4.78 is 0. The van der Waals surface area contributed by atoms with E-state index in [4.69, 9.17) is 39.6 Å². The van der Waals surface area contributed by atoms with E-state index in [2.05, 4.69) is 11.5 Å². The third-order valence-corrected chi connectivity index (χ3v) is 2.03. The maximum atomic E-state index is 9.04. The highest BCUT2D eigenvalue weighted by Crippen LogP contribution is 1.93. The SMILES string of the molecule is O.O=C([O-])C(=O)O.O=C([O-])C(=O)O.[NH3+]c1ccccc1.[NH3+]c1ccccc1. The predicted octanol–water partition coefficient (Wildman–Crippen LogP) is -4.06. The van der Waals surface area contributed by atoms with Gasteiger partial charge in [0.15, 0.2) is 11.9 Å². The van der Waals surface area contributed by atoms with Crippen molar-refractivity contribution >= 4 is 35.3 Å². The molecule has 0 aliphatic carbocycles. The van der Waals surface area contributed by atoms with E-state index in [1.165, 1.54) is 0 Å². The van der Waals surface area contributed by atoms with Gasteiger partial charge in [-0.2, -0.15) is 0 Å². The molecule has 0 fully saturated rings. The molecule has 2 aromatic carbocycles. The number of hydrogen-bond acceptors (Lipinski definition) is 6. The van der Waals surface area contributed by atoms with E-state index in [1.54, 1.807) is 0 Å². The molecule has 148 valence electrons. The minimum atomic E-state index is -2.07. The van der Waals surface area contributed by atoms with Crippen LogP contribution in [0.25, 0.3) is 0 Å². The van der Waals surface area contributed by atoms with E-state index in [-0.39, 0.29) is 5.48 Å². The Labute approximate surface area is 153 Å². The number of hydrogen-bond donors (Lipinski definition) is 4. The molecule has 0 saturated heterocycles. The summed E-state index contributed by atoms with van der Waals surface area (Å²) in [4.78, 5) is 36.1. The van der Waals surface area contributed by atoms with Gasteiger partial charge in [-0.05, 0) is 24.3 Å². The lowest BCUT2D eigenvalue weighted by Crippen LogP contribution is -2.39. The average Bonchev–Trinajstić information content (AvgIpc) is 2.58. The first-order valence-corrected chi connectivity index (χ1v) is 6.70. The molecule has 27 heavy (non-hydrogen) atoms. The molecule has 11 heteroatoms. The van der Waals surface area contributed by atoms with Crippen molar-refractivity contribution in [2.75, 3.05) is 0 Å². The zero-order chi connectivity index (χ0) is 20.5. The van der Waals surface area contributed by atoms with Crippen molar-refractivity contribution in [3.63, 3.8) is 0 Å². The molecule has 10 N–H and O–H groups in total. The highest BCUT2D eigenvalue weighted by molar-refractivity contribution is 6.26. The highest BCUT2D eigenvalue weighted by atomic mass is 16.4. The van der Waals surface area contributed by atoms with Crippen LogP contribution in [0.4, 0.5) is 11.4 Å². The second-order valence-corrected chi connectivity index (χ2v) is 4.16. The van der Waals surface area contributed by atoms with Gasteiger partial charge in [0.05, 0.1) is 0 Å². The zero-order valence-corrected chi connectivity index (χ0v) is 14.0. The molecule has 0 spiro atoms. The molecule has 0 bridgehead atoms. The lowest BCUT2D eigenvalue weighted by molar-refractivity contribution is -0.303. The number of carboxylic acids is 4. The Morgan fingerprint density at radius 3 is 0.889 bits per heavy atom. The first-order chi connectivity index (χ1) is 12.1. The summed E-state index contributed by atoms with van der Waals surface area (Å²) in [5.74, 6) is -8.02. The molecule has 0 aliphatic heterocycles. The van der Waals surface area contributed by atoms with E-state index in [1.807, 2.05) is 60.7 Å². The Morgan fingerprint density at radius 2 is 0.815 bits per heavy atom. The third kappa shape index (κ3) is 22.2. The van der Waals surface area contributed by atoms with Crippen LogP contribution in [-0.2, 0) is 19.2 Å². The summed E-state index contributed by atoms with van der Waals surface area (Å²) >= 11 is 0. The molecule has 0 saturated carbocycles. The second-order valence-electron chi connectivity index (χ2n) is 4.16. The summed E-state index contributed by atoms with van der Waals surface area (Å²) in [5, 5.41) is 32.6. The maximum Gasteiger partial charge on any atom is 0.351 e. The van der Waals surface area contributed by atoms with Crippen molar-refractivity contribution in [1.82, 2.24) is 0 Å². The second kappa shape index (κ2) is 17.0. The molecule has 0 unspecified atom stereocenters. The molecule has 2 aromatic rings. The standard InChI is InChI=1S/2C6H7N.2C2H2O4.H2O/c2*7-6-4-2-1-3-5-6;2*3-1(4)2(5)6;/h2*1-5H,7H2;2*(H,3,4)(H,5,6);1H2. The minimum absolute atomic E-state index is 0. The van der Waals surface area contributed by atoms with Crippen molar-refractivity contribution in [3.8, 4) is 0 Å². The molecule has 0 aliphatic rings. The number of carbonyl (C=O) groups excluding carboxylic acids is 2. The number of benzene rings is 2. The molecule has 0 aromatic heterocycles.